The lowest BCUT2D eigenvalue weighted by Crippen LogP contribution is -2.28. The van der Waals surface area contributed by atoms with E-state index in [0.29, 0.717) is 6.04 Å². The highest BCUT2D eigenvalue weighted by Crippen LogP contribution is 2.17. The first-order chi connectivity index (χ1) is 8.27. The molecule has 0 aliphatic carbocycles. The molecule has 1 aliphatic rings. The fraction of sp³-hybridized carbons (Fsp3) is 0.769. The van der Waals surface area contributed by atoms with E-state index in [1.54, 1.807) is 0 Å². The first kappa shape index (κ1) is 12.4. The Morgan fingerprint density at radius 3 is 2.94 bits per heavy atom. The van der Waals surface area contributed by atoms with Crippen molar-refractivity contribution in [3.8, 4) is 0 Å². The number of nitrogens with zero attached hydrogens (tertiary/aromatic N) is 2. The van der Waals surface area contributed by atoms with Gasteiger partial charge in [-0.25, -0.2) is 4.98 Å². The molecule has 0 atom stereocenters. The molecule has 0 amide bonds. The summed E-state index contributed by atoms with van der Waals surface area (Å²) in [5.41, 5.74) is 0. The van der Waals surface area contributed by atoms with E-state index >= 15 is 0 Å². The molecule has 1 aliphatic heterocycles. The number of rotatable bonds is 5. The number of hydrogen-bond acceptors (Lipinski definition) is 3. The van der Waals surface area contributed by atoms with Gasteiger partial charge < -0.3 is 15.2 Å². The van der Waals surface area contributed by atoms with Crippen LogP contribution in [-0.2, 0) is 0 Å². The summed E-state index contributed by atoms with van der Waals surface area (Å²) < 4.78 is 2.18. The highest BCUT2D eigenvalue weighted by Gasteiger charge is 2.12. The Morgan fingerprint density at radius 2 is 2.24 bits per heavy atom. The van der Waals surface area contributed by atoms with Gasteiger partial charge in [0.15, 0.2) is 0 Å². The van der Waals surface area contributed by atoms with Gasteiger partial charge in [-0.3, -0.25) is 0 Å². The minimum atomic E-state index is 0.471. The second kappa shape index (κ2) is 6.05. The second-order valence-corrected chi connectivity index (χ2v) is 5.16. The topological polar surface area (TPSA) is 41.9 Å². The third-order valence-corrected chi connectivity index (χ3v) is 3.52. The standard InChI is InChI=1S/C13H24N4/c1-11(2)17-10-9-16-13(17)15-8-5-12-3-6-14-7-4-12/h9-12,14H,3-8H2,1-2H3,(H,15,16). The minimum Gasteiger partial charge on any atom is -0.356 e. The zero-order chi connectivity index (χ0) is 12.1. The van der Waals surface area contributed by atoms with E-state index in [4.69, 9.17) is 0 Å². The lowest BCUT2D eigenvalue weighted by Gasteiger charge is -2.22. The van der Waals surface area contributed by atoms with Crippen molar-refractivity contribution >= 4 is 5.95 Å². The van der Waals surface area contributed by atoms with E-state index in [-0.39, 0.29) is 0 Å². The van der Waals surface area contributed by atoms with Crippen molar-refractivity contribution in [2.24, 2.45) is 5.92 Å². The Hall–Kier alpha value is -1.03. The van der Waals surface area contributed by atoms with Crippen LogP contribution in [0.25, 0.3) is 0 Å². The normalized spacial score (nSPS) is 17.6. The van der Waals surface area contributed by atoms with Crippen LogP contribution in [0.15, 0.2) is 12.4 Å². The van der Waals surface area contributed by atoms with Crippen molar-refractivity contribution in [2.45, 2.75) is 39.2 Å². The van der Waals surface area contributed by atoms with Crippen molar-refractivity contribution in [3.05, 3.63) is 12.4 Å². The fourth-order valence-corrected chi connectivity index (χ4v) is 2.43. The van der Waals surface area contributed by atoms with Gasteiger partial charge in [0.05, 0.1) is 0 Å². The molecule has 2 N–H and O–H groups in total. The summed E-state index contributed by atoms with van der Waals surface area (Å²) >= 11 is 0. The molecule has 0 aromatic carbocycles. The number of nitrogens with one attached hydrogen (secondary N) is 2. The molecule has 1 fully saturated rings. The Bertz CT molecular complexity index is 326. The van der Waals surface area contributed by atoms with E-state index in [2.05, 4.69) is 34.0 Å². The highest BCUT2D eigenvalue weighted by atomic mass is 15.2. The maximum absolute atomic E-state index is 4.36. The largest absolute Gasteiger partial charge is 0.356 e. The number of hydrogen-bond donors (Lipinski definition) is 2. The molecule has 0 radical (unpaired) electrons. The third kappa shape index (κ3) is 3.46. The average molecular weight is 236 g/mol. The van der Waals surface area contributed by atoms with E-state index < -0.39 is 0 Å². The fourth-order valence-electron chi connectivity index (χ4n) is 2.43. The number of aromatic nitrogens is 2. The smallest absolute Gasteiger partial charge is 0.203 e. The van der Waals surface area contributed by atoms with Crippen LogP contribution >= 0.6 is 0 Å². The van der Waals surface area contributed by atoms with Crippen molar-refractivity contribution in [1.82, 2.24) is 14.9 Å². The average Bonchev–Trinajstić information content (AvgIpc) is 2.79. The maximum Gasteiger partial charge on any atom is 0.203 e. The van der Waals surface area contributed by atoms with Gasteiger partial charge in [0.1, 0.15) is 0 Å². The van der Waals surface area contributed by atoms with Gasteiger partial charge in [0, 0.05) is 25.0 Å². The van der Waals surface area contributed by atoms with E-state index in [9.17, 15) is 0 Å². The molecule has 1 aromatic rings. The molecule has 0 bridgehead atoms. The molecule has 0 saturated carbocycles. The SMILES string of the molecule is CC(C)n1ccnc1NCCC1CCNCC1. The Labute approximate surface area is 104 Å². The monoisotopic (exact) mass is 236 g/mol. The van der Waals surface area contributed by atoms with Crippen LogP contribution in [0.4, 0.5) is 5.95 Å². The van der Waals surface area contributed by atoms with Gasteiger partial charge in [0.25, 0.3) is 0 Å². The van der Waals surface area contributed by atoms with Gasteiger partial charge in [-0.15, -0.1) is 0 Å². The molecule has 4 nitrogen and oxygen atoms in total. The lowest BCUT2D eigenvalue weighted by molar-refractivity contribution is 0.360. The zero-order valence-corrected chi connectivity index (χ0v) is 10.9. The van der Waals surface area contributed by atoms with Gasteiger partial charge in [-0.2, -0.15) is 0 Å². The summed E-state index contributed by atoms with van der Waals surface area (Å²) in [6.07, 6.45) is 7.80. The zero-order valence-electron chi connectivity index (χ0n) is 10.9. The van der Waals surface area contributed by atoms with Gasteiger partial charge in [-0.1, -0.05) is 0 Å². The summed E-state index contributed by atoms with van der Waals surface area (Å²) in [6.45, 7) is 7.77. The first-order valence-electron chi connectivity index (χ1n) is 6.75. The number of piperidine rings is 1. The van der Waals surface area contributed by atoms with Gasteiger partial charge >= 0.3 is 0 Å². The molecular weight excluding hydrogens is 212 g/mol. The number of anilines is 1. The summed E-state index contributed by atoms with van der Waals surface area (Å²) in [4.78, 5) is 4.36. The predicted octanol–water partition coefficient (Wildman–Crippen LogP) is 2.27. The molecular formula is C13H24N4. The molecule has 96 valence electrons. The predicted molar refractivity (Wildman–Crippen MR) is 71.3 cm³/mol. The molecule has 1 saturated heterocycles. The third-order valence-electron chi connectivity index (χ3n) is 3.52. The summed E-state index contributed by atoms with van der Waals surface area (Å²) in [7, 11) is 0. The Kier molecular flexibility index (Phi) is 4.42. The maximum atomic E-state index is 4.36. The van der Waals surface area contributed by atoms with Crippen LogP contribution < -0.4 is 10.6 Å². The summed E-state index contributed by atoms with van der Waals surface area (Å²) in [6, 6.07) is 0.471. The molecule has 2 rings (SSSR count). The highest BCUT2D eigenvalue weighted by molar-refractivity contribution is 5.26. The molecule has 1 aromatic heterocycles. The van der Waals surface area contributed by atoms with E-state index in [1.165, 1.54) is 32.4 Å². The molecule has 4 heteroatoms. The second-order valence-electron chi connectivity index (χ2n) is 5.16. The number of imidazole rings is 1. The van der Waals surface area contributed by atoms with Crippen molar-refractivity contribution < 1.29 is 0 Å². The lowest BCUT2D eigenvalue weighted by atomic mass is 9.95. The summed E-state index contributed by atoms with van der Waals surface area (Å²) in [5, 5.41) is 6.86. The van der Waals surface area contributed by atoms with Crippen molar-refractivity contribution in [2.75, 3.05) is 25.0 Å². The molecule has 2 heterocycles. The quantitative estimate of drug-likeness (QED) is 0.824. The summed E-state index contributed by atoms with van der Waals surface area (Å²) in [5.74, 6) is 1.89. The van der Waals surface area contributed by atoms with Crippen LogP contribution in [0.1, 0.15) is 39.2 Å². The van der Waals surface area contributed by atoms with E-state index in [1.807, 2.05) is 12.4 Å². The van der Waals surface area contributed by atoms with Crippen LogP contribution in [0, 0.1) is 5.92 Å². The Balaban J connectivity index is 1.75. The van der Waals surface area contributed by atoms with Crippen molar-refractivity contribution in [1.29, 1.82) is 0 Å². The molecule has 0 unspecified atom stereocenters. The van der Waals surface area contributed by atoms with Crippen LogP contribution in [0.2, 0.25) is 0 Å². The van der Waals surface area contributed by atoms with Crippen molar-refractivity contribution in [3.63, 3.8) is 0 Å². The first-order valence-corrected chi connectivity index (χ1v) is 6.75. The minimum absolute atomic E-state index is 0.471. The van der Waals surface area contributed by atoms with E-state index in [0.717, 1.165) is 18.4 Å². The van der Waals surface area contributed by atoms with Crippen LogP contribution in [0.3, 0.4) is 0 Å². The van der Waals surface area contributed by atoms with Gasteiger partial charge in [-0.05, 0) is 52.1 Å². The van der Waals surface area contributed by atoms with Crippen LogP contribution in [0.5, 0.6) is 0 Å². The molecule has 0 spiro atoms. The van der Waals surface area contributed by atoms with Gasteiger partial charge in [0.2, 0.25) is 5.95 Å². The van der Waals surface area contributed by atoms with Crippen LogP contribution in [-0.4, -0.2) is 29.2 Å². The Morgan fingerprint density at radius 1 is 1.47 bits per heavy atom. The molecule has 17 heavy (non-hydrogen) atoms.